The Hall–Kier alpha value is -2.84. The Morgan fingerprint density at radius 1 is 1.23 bits per heavy atom. The Kier molecular flexibility index (Phi) is 4.79. The highest BCUT2D eigenvalue weighted by Crippen LogP contribution is 2.54. The number of carboxylic acid groups (broad SMARTS) is 1. The molecule has 0 saturated heterocycles. The van der Waals surface area contributed by atoms with Crippen LogP contribution >= 0.6 is 0 Å². The van der Waals surface area contributed by atoms with E-state index in [2.05, 4.69) is 39.9 Å². The number of pyridine rings is 1. The summed E-state index contributed by atoms with van der Waals surface area (Å²) in [4.78, 5) is 18.3. The van der Waals surface area contributed by atoms with Crippen LogP contribution in [0.15, 0.2) is 30.5 Å². The van der Waals surface area contributed by atoms with Crippen molar-refractivity contribution in [1.82, 2.24) is 9.88 Å². The van der Waals surface area contributed by atoms with Gasteiger partial charge in [-0.25, -0.2) is 4.98 Å². The summed E-state index contributed by atoms with van der Waals surface area (Å²) in [6, 6.07) is 8.47. The van der Waals surface area contributed by atoms with E-state index < -0.39 is 11.4 Å². The summed E-state index contributed by atoms with van der Waals surface area (Å²) in [5.74, 6) is 6.59. The fourth-order valence-corrected chi connectivity index (χ4v) is 4.83. The maximum atomic E-state index is 11.6. The summed E-state index contributed by atoms with van der Waals surface area (Å²) in [7, 11) is 0. The lowest BCUT2D eigenvalue weighted by Crippen LogP contribution is -2.42. The minimum Gasteiger partial charge on any atom is -0.481 e. The van der Waals surface area contributed by atoms with E-state index in [0.717, 1.165) is 42.6 Å². The fourth-order valence-electron chi connectivity index (χ4n) is 4.83. The molecule has 1 aromatic carbocycles. The molecule has 3 aliphatic rings. The molecule has 5 heteroatoms. The Balaban J connectivity index is 1.36. The molecule has 2 heterocycles. The number of benzene rings is 1. The van der Waals surface area contributed by atoms with Gasteiger partial charge in [0.05, 0.1) is 12.0 Å². The highest BCUT2D eigenvalue weighted by molar-refractivity contribution is 5.78. The van der Waals surface area contributed by atoms with Crippen molar-refractivity contribution in [3.8, 4) is 17.7 Å². The van der Waals surface area contributed by atoms with Crippen molar-refractivity contribution >= 4 is 5.97 Å². The van der Waals surface area contributed by atoms with Gasteiger partial charge in [-0.2, -0.15) is 0 Å². The Morgan fingerprint density at radius 2 is 2.03 bits per heavy atom. The van der Waals surface area contributed by atoms with Crippen LogP contribution in [0.25, 0.3) is 0 Å². The van der Waals surface area contributed by atoms with Gasteiger partial charge in [-0.3, -0.25) is 9.69 Å². The number of rotatable bonds is 5. The van der Waals surface area contributed by atoms with Gasteiger partial charge in [-0.05, 0) is 68.4 Å². The number of hydrogen-bond donors (Lipinski definition) is 1. The van der Waals surface area contributed by atoms with Gasteiger partial charge < -0.3 is 9.84 Å². The normalized spacial score (nSPS) is 19.8. The number of ether oxygens (including phenoxy) is 1. The average Bonchev–Trinajstić information content (AvgIpc) is 3.66. The first-order valence-electron chi connectivity index (χ1n) is 11.1. The molecule has 160 valence electrons. The number of carbonyl (C=O) groups is 1. The number of aromatic nitrogens is 1. The molecular formula is C26H28N2O3. The molecule has 5 nitrogen and oxygen atoms in total. The SMILES string of the molecule is CCOc1cc(C)c(C#Cc2ccc3c(c2)C2(CC2)CN(CC2(C(=O)O)CC2)C3)cn1. The minimum absolute atomic E-state index is 0.191. The van der Waals surface area contributed by atoms with Crippen molar-refractivity contribution in [2.75, 3.05) is 19.7 Å². The number of fused-ring (bicyclic) bond motifs is 2. The maximum Gasteiger partial charge on any atom is 0.310 e. The van der Waals surface area contributed by atoms with E-state index in [1.807, 2.05) is 19.9 Å². The molecule has 0 unspecified atom stereocenters. The van der Waals surface area contributed by atoms with Gasteiger partial charge in [0.1, 0.15) is 0 Å². The van der Waals surface area contributed by atoms with Crippen molar-refractivity contribution in [2.45, 2.75) is 51.5 Å². The van der Waals surface area contributed by atoms with Gasteiger partial charge in [-0.15, -0.1) is 0 Å². The monoisotopic (exact) mass is 416 g/mol. The lowest BCUT2D eigenvalue weighted by atomic mass is 9.85. The van der Waals surface area contributed by atoms with Crippen molar-refractivity contribution < 1.29 is 14.6 Å². The van der Waals surface area contributed by atoms with Crippen LogP contribution in [0.2, 0.25) is 0 Å². The molecule has 0 amide bonds. The maximum absolute atomic E-state index is 11.6. The number of aliphatic carboxylic acids is 1. The molecule has 0 bridgehead atoms. The molecule has 2 fully saturated rings. The van der Waals surface area contributed by atoms with Crippen LogP contribution in [-0.2, 0) is 16.8 Å². The second-order valence-electron chi connectivity index (χ2n) is 9.40. The van der Waals surface area contributed by atoms with E-state index in [1.165, 1.54) is 24.0 Å². The predicted molar refractivity (Wildman–Crippen MR) is 118 cm³/mol. The lowest BCUT2D eigenvalue weighted by molar-refractivity contribution is -0.144. The van der Waals surface area contributed by atoms with Crippen LogP contribution in [0.4, 0.5) is 0 Å². The third kappa shape index (κ3) is 3.81. The van der Waals surface area contributed by atoms with E-state index in [4.69, 9.17) is 4.74 Å². The van der Waals surface area contributed by atoms with Crippen LogP contribution in [-0.4, -0.2) is 40.7 Å². The number of aryl methyl sites for hydroxylation is 1. The first-order chi connectivity index (χ1) is 14.9. The number of hydrogen-bond acceptors (Lipinski definition) is 4. The van der Waals surface area contributed by atoms with Crippen molar-refractivity contribution in [3.63, 3.8) is 0 Å². The van der Waals surface area contributed by atoms with Crippen LogP contribution in [0.1, 0.15) is 60.4 Å². The molecule has 1 aliphatic heterocycles. The van der Waals surface area contributed by atoms with Gasteiger partial charge in [0.15, 0.2) is 0 Å². The van der Waals surface area contributed by atoms with Gasteiger partial charge in [-0.1, -0.05) is 17.9 Å². The lowest BCUT2D eigenvalue weighted by Gasteiger charge is -2.36. The van der Waals surface area contributed by atoms with Crippen LogP contribution in [0.5, 0.6) is 5.88 Å². The zero-order valence-electron chi connectivity index (χ0n) is 18.2. The smallest absolute Gasteiger partial charge is 0.310 e. The summed E-state index contributed by atoms with van der Waals surface area (Å²) < 4.78 is 5.46. The zero-order chi connectivity index (χ0) is 21.6. The predicted octanol–water partition coefficient (Wildman–Crippen LogP) is 3.90. The van der Waals surface area contributed by atoms with Gasteiger partial charge >= 0.3 is 5.97 Å². The van der Waals surface area contributed by atoms with E-state index in [1.54, 1.807) is 6.20 Å². The molecule has 31 heavy (non-hydrogen) atoms. The molecule has 1 aromatic heterocycles. The average molecular weight is 417 g/mol. The Morgan fingerprint density at radius 3 is 2.68 bits per heavy atom. The Bertz CT molecular complexity index is 1100. The highest BCUT2D eigenvalue weighted by atomic mass is 16.5. The second-order valence-corrected chi connectivity index (χ2v) is 9.40. The third-order valence-electron chi connectivity index (χ3n) is 7.01. The first kappa shape index (κ1) is 20.1. The summed E-state index contributed by atoms with van der Waals surface area (Å²) in [5, 5.41) is 9.57. The standard InChI is InChI=1S/C26H28N2O3/c1-3-31-23-12-18(2)20(14-27-23)6-4-19-5-7-21-15-28(17-26(10-11-26)24(29)30)16-25(8-9-25)22(21)13-19/h5,7,12-14H,3,8-11,15-17H2,1-2H3,(H,29,30). The van der Waals surface area contributed by atoms with Crippen molar-refractivity contribution in [1.29, 1.82) is 0 Å². The van der Waals surface area contributed by atoms with Gasteiger partial charge in [0.2, 0.25) is 5.88 Å². The van der Waals surface area contributed by atoms with Crippen molar-refractivity contribution in [2.24, 2.45) is 5.41 Å². The molecule has 1 N–H and O–H groups in total. The third-order valence-corrected chi connectivity index (χ3v) is 7.01. The molecule has 1 spiro atoms. The minimum atomic E-state index is -0.632. The zero-order valence-corrected chi connectivity index (χ0v) is 18.2. The van der Waals surface area contributed by atoms with E-state index in [9.17, 15) is 9.90 Å². The van der Waals surface area contributed by atoms with Crippen LogP contribution in [0.3, 0.4) is 0 Å². The summed E-state index contributed by atoms with van der Waals surface area (Å²) in [5.41, 5.74) is 5.43. The molecule has 2 aromatic rings. The van der Waals surface area contributed by atoms with E-state index in [-0.39, 0.29) is 5.41 Å². The van der Waals surface area contributed by atoms with E-state index >= 15 is 0 Å². The molecular weight excluding hydrogens is 388 g/mol. The van der Waals surface area contributed by atoms with E-state index in [0.29, 0.717) is 19.0 Å². The number of carboxylic acids is 1. The highest BCUT2D eigenvalue weighted by Gasteiger charge is 2.54. The quantitative estimate of drug-likeness (QED) is 0.749. The topological polar surface area (TPSA) is 62.7 Å². The fraction of sp³-hybridized carbons (Fsp3) is 0.462. The second kappa shape index (κ2) is 7.39. The molecule has 0 radical (unpaired) electrons. The number of nitrogens with zero attached hydrogens (tertiary/aromatic N) is 2. The Labute approximate surface area is 183 Å². The molecule has 5 rings (SSSR count). The summed E-state index contributed by atoms with van der Waals surface area (Å²) >= 11 is 0. The van der Waals surface area contributed by atoms with Crippen LogP contribution in [0, 0.1) is 24.2 Å². The van der Waals surface area contributed by atoms with Crippen molar-refractivity contribution in [3.05, 3.63) is 58.3 Å². The molecule has 0 atom stereocenters. The summed E-state index contributed by atoms with van der Waals surface area (Å²) in [6.45, 7) is 7.05. The first-order valence-corrected chi connectivity index (χ1v) is 11.1. The summed E-state index contributed by atoms with van der Waals surface area (Å²) in [6.07, 6.45) is 5.76. The largest absolute Gasteiger partial charge is 0.481 e. The molecule has 2 saturated carbocycles. The van der Waals surface area contributed by atoms with Gasteiger partial charge in [0.25, 0.3) is 0 Å². The van der Waals surface area contributed by atoms with Gasteiger partial charge in [0, 0.05) is 48.4 Å². The molecule has 2 aliphatic carbocycles. The van der Waals surface area contributed by atoms with Crippen LogP contribution < -0.4 is 4.74 Å².